The number of carbonyl (C=O) groups excluding carboxylic acids is 1. The largest absolute Gasteiger partial charge is 0.351 e. The first-order valence-corrected chi connectivity index (χ1v) is 10.5. The third-order valence-electron chi connectivity index (χ3n) is 4.29. The molecule has 0 bridgehead atoms. The van der Waals surface area contributed by atoms with Crippen LogP contribution in [0.25, 0.3) is 0 Å². The second-order valence-corrected chi connectivity index (χ2v) is 8.52. The maximum atomic E-state index is 12.8. The monoisotopic (exact) mass is 387 g/mol. The molecular weight excluding hydrogens is 362 g/mol. The summed E-state index contributed by atoms with van der Waals surface area (Å²) >= 11 is 5.83. The molecule has 1 aliphatic rings. The quantitative estimate of drug-likeness (QED) is 0.781. The summed E-state index contributed by atoms with van der Waals surface area (Å²) in [6.45, 7) is 3.27. The van der Waals surface area contributed by atoms with E-state index in [2.05, 4.69) is 5.32 Å². The van der Waals surface area contributed by atoms with E-state index in [1.807, 2.05) is 12.1 Å². The van der Waals surface area contributed by atoms with Gasteiger partial charge in [0.15, 0.2) is 0 Å². The average molecular weight is 388 g/mol. The summed E-state index contributed by atoms with van der Waals surface area (Å²) in [5.74, 6) is -0.310. The van der Waals surface area contributed by atoms with E-state index in [1.54, 1.807) is 19.1 Å². The molecular formula is C17H26ClN3O3S. The summed E-state index contributed by atoms with van der Waals surface area (Å²) in [6.07, 6.45) is 3.86. The highest BCUT2D eigenvalue weighted by Gasteiger charge is 2.30. The Labute approximate surface area is 155 Å². The highest BCUT2D eigenvalue weighted by Crippen LogP contribution is 2.16. The Kier molecular flexibility index (Phi) is 7.68. The van der Waals surface area contributed by atoms with Crippen molar-refractivity contribution in [3.05, 3.63) is 34.9 Å². The van der Waals surface area contributed by atoms with Gasteiger partial charge in [0.2, 0.25) is 5.91 Å². The van der Waals surface area contributed by atoms with Gasteiger partial charge in [-0.05, 0) is 30.5 Å². The SMILES string of the molecule is CCN(CC(=O)NCc1ccc(Cl)cc1)S(=O)(=O)N1CCCCCC1. The Hall–Kier alpha value is -1.15. The molecule has 8 heteroatoms. The molecule has 0 radical (unpaired) electrons. The molecule has 1 aromatic rings. The first-order valence-electron chi connectivity index (χ1n) is 8.70. The molecule has 1 saturated heterocycles. The number of rotatable bonds is 7. The zero-order valence-electron chi connectivity index (χ0n) is 14.6. The lowest BCUT2D eigenvalue weighted by Gasteiger charge is -2.27. The van der Waals surface area contributed by atoms with E-state index in [1.165, 1.54) is 8.61 Å². The van der Waals surface area contributed by atoms with E-state index in [-0.39, 0.29) is 19.0 Å². The molecule has 1 aliphatic heterocycles. The van der Waals surface area contributed by atoms with Crippen molar-refractivity contribution in [2.45, 2.75) is 39.2 Å². The number of hydrogen-bond acceptors (Lipinski definition) is 3. The lowest BCUT2D eigenvalue weighted by molar-refractivity contribution is -0.121. The molecule has 0 spiro atoms. The van der Waals surface area contributed by atoms with Gasteiger partial charge >= 0.3 is 0 Å². The van der Waals surface area contributed by atoms with Crippen molar-refractivity contribution in [1.29, 1.82) is 0 Å². The van der Waals surface area contributed by atoms with Crippen LogP contribution in [0.1, 0.15) is 38.2 Å². The van der Waals surface area contributed by atoms with Gasteiger partial charge in [-0.15, -0.1) is 0 Å². The predicted octanol–water partition coefficient (Wildman–Crippen LogP) is 2.40. The van der Waals surface area contributed by atoms with Crippen LogP contribution < -0.4 is 5.32 Å². The van der Waals surface area contributed by atoms with Crippen LogP contribution in [0.4, 0.5) is 0 Å². The van der Waals surface area contributed by atoms with Gasteiger partial charge in [-0.1, -0.05) is 43.5 Å². The minimum absolute atomic E-state index is 0.164. The molecule has 1 amide bonds. The molecule has 1 fully saturated rings. The standard InChI is InChI=1S/C17H26ClN3O3S/c1-2-20(25(23,24)21-11-5-3-4-6-12-21)14-17(22)19-13-15-7-9-16(18)10-8-15/h7-10H,2-6,11-14H2,1H3,(H,19,22). The second kappa shape index (κ2) is 9.52. The third kappa shape index (κ3) is 5.95. The molecule has 1 heterocycles. The Morgan fingerprint density at radius 1 is 1.16 bits per heavy atom. The van der Waals surface area contributed by atoms with E-state index >= 15 is 0 Å². The van der Waals surface area contributed by atoms with Crippen molar-refractivity contribution in [1.82, 2.24) is 13.9 Å². The summed E-state index contributed by atoms with van der Waals surface area (Å²) in [6, 6.07) is 7.17. The zero-order valence-corrected chi connectivity index (χ0v) is 16.2. The van der Waals surface area contributed by atoms with Crippen LogP contribution in [0, 0.1) is 0 Å². The fourth-order valence-corrected chi connectivity index (χ4v) is 4.59. The molecule has 1 aromatic carbocycles. The van der Waals surface area contributed by atoms with Crippen LogP contribution in [0.3, 0.4) is 0 Å². The summed E-state index contributed by atoms with van der Waals surface area (Å²) in [5, 5.41) is 3.40. The van der Waals surface area contributed by atoms with Crippen LogP contribution in [0.15, 0.2) is 24.3 Å². The van der Waals surface area contributed by atoms with E-state index < -0.39 is 10.2 Å². The second-order valence-electron chi connectivity index (χ2n) is 6.15. The Bertz CT molecular complexity index is 656. The topological polar surface area (TPSA) is 69.7 Å². The fraction of sp³-hybridized carbons (Fsp3) is 0.588. The van der Waals surface area contributed by atoms with Crippen LogP contribution in [0.5, 0.6) is 0 Å². The maximum absolute atomic E-state index is 12.8. The number of likely N-dealkylation sites (N-methyl/N-ethyl adjacent to an activating group) is 1. The summed E-state index contributed by atoms with van der Waals surface area (Å²) in [7, 11) is -3.59. The molecule has 0 unspecified atom stereocenters. The van der Waals surface area contributed by atoms with Gasteiger partial charge < -0.3 is 5.32 Å². The zero-order chi connectivity index (χ0) is 18.3. The van der Waals surface area contributed by atoms with Crippen molar-refractivity contribution in [3.8, 4) is 0 Å². The minimum atomic E-state index is -3.59. The Morgan fingerprint density at radius 3 is 2.32 bits per heavy atom. The lowest BCUT2D eigenvalue weighted by atomic mass is 10.2. The molecule has 0 atom stereocenters. The lowest BCUT2D eigenvalue weighted by Crippen LogP contribution is -2.48. The Morgan fingerprint density at radius 2 is 1.76 bits per heavy atom. The molecule has 0 saturated carbocycles. The van der Waals surface area contributed by atoms with Crippen molar-refractivity contribution >= 4 is 27.7 Å². The maximum Gasteiger partial charge on any atom is 0.282 e. The third-order valence-corrected chi connectivity index (χ3v) is 6.60. The van der Waals surface area contributed by atoms with Crippen molar-refractivity contribution in [2.24, 2.45) is 0 Å². The number of amides is 1. The average Bonchev–Trinajstić information content (AvgIpc) is 2.89. The number of hydrogen-bond donors (Lipinski definition) is 1. The van der Waals surface area contributed by atoms with E-state index in [9.17, 15) is 13.2 Å². The number of nitrogens with one attached hydrogen (secondary N) is 1. The molecule has 2 rings (SSSR count). The van der Waals surface area contributed by atoms with Gasteiger partial charge in [0, 0.05) is 31.2 Å². The van der Waals surface area contributed by atoms with E-state index in [4.69, 9.17) is 11.6 Å². The normalized spacial score (nSPS) is 16.6. The van der Waals surface area contributed by atoms with Crippen LogP contribution >= 0.6 is 11.6 Å². The highest BCUT2D eigenvalue weighted by molar-refractivity contribution is 7.86. The number of carbonyl (C=O) groups is 1. The molecule has 6 nitrogen and oxygen atoms in total. The molecule has 1 N–H and O–H groups in total. The van der Waals surface area contributed by atoms with Gasteiger partial charge in [0.1, 0.15) is 0 Å². The van der Waals surface area contributed by atoms with Crippen molar-refractivity contribution in [2.75, 3.05) is 26.2 Å². The minimum Gasteiger partial charge on any atom is -0.351 e. The first-order chi connectivity index (χ1) is 11.9. The van der Waals surface area contributed by atoms with Gasteiger partial charge in [0.25, 0.3) is 10.2 Å². The predicted molar refractivity (Wildman–Crippen MR) is 99.5 cm³/mol. The van der Waals surface area contributed by atoms with E-state index in [0.717, 1.165) is 31.2 Å². The smallest absolute Gasteiger partial charge is 0.282 e. The van der Waals surface area contributed by atoms with Crippen LogP contribution in [0.2, 0.25) is 5.02 Å². The summed E-state index contributed by atoms with van der Waals surface area (Å²) in [5.41, 5.74) is 0.913. The van der Waals surface area contributed by atoms with Crippen LogP contribution in [-0.2, 0) is 21.5 Å². The van der Waals surface area contributed by atoms with Gasteiger partial charge in [-0.25, -0.2) is 0 Å². The number of benzene rings is 1. The molecule has 140 valence electrons. The first kappa shape index (κ1) is 20.2. The van der Waals surface area contributed by atoms with Gasteiger partial charge in [-0.3, -0.25) is 4.79 Å². The highest BCUT2D eigenvalue weighted by atomic mass is 35.5. The fourth-order valence-electron chi connectivity index (χ4n) is 2.81. The van der Waals surface area contributed by atoms with Crippen LogP contribution in [-0.4, -0.2) is 49.1 Å². The van der Waals surface area contributed by atoms with Gasteiger partial charge in [0.05, 0.1) is 6.54 Å². The summed E-state index contributed by atoms with van der Waals surface area (Å²) < 4.78 is 28.3. The number of halogens is 1. The van der Waals surface area contributed by atoms with Crippen molar-refractivity contribution in [3.63, 3.8) is 0 Å². The molecule has 0 aromatic heterocycles. The van der Waals surface area contributed by atoms with E-state index in [0.29, 0.717) is 24.7 Å². The Balaban J connectivity index is 1.92. The van der Waals surface area contributed by atoms with Gasteiger partial charge in [-0.2, -0.15) is 17.0 Å². The number of nitrogens with zero attached hydrogens (tertiary/aromatic N) is 2. The van der Waals surface area contributed by atoms with Crippen molar-refractivity contribution < 1.29 is 13.2 Å². The molecule has 0 aliphatic carbocycles. The molecule has 25 heavy (non-hydrogen) atoms. The summed E-state index contributed by atoms with van der Waals surface area (Å²) in [4.78, 5) is 12.2.